The Hall–Kier alpha value is -0.870. The van der Waals surface area contributed by atoms with Crippen LogP contribution in [0.2, 0.25) is 0 Å². The van der Waals surface area contributed by atoms with Gasteiger partial charge in [-0.05, 0) is 32.4 Å². The number of nitrogens with zero attached hydrogens (tertiary/aromatic N) is 3. The maximum absolute atomic E-state index is 4.26. The third kappa shape index (κ3) is 3.82. The summed E-state index contributed by atoms with van der Waals surface area (Å²) in [5.74, 6) is 0. The molecular formula is C14H26N4. The van der Waals surface area contributed by atoms with Crippen molar-refractivity contribution >= 4 is 0 Å². The van der Waals surface area contributed by atoms with Crippen molar-refractivity contribution in [2.75, 3.05) is 26.2 Å². The van der Waals surface area contributed by atoms with Gasteiger partial charge in [-0.25, -0.2) is 4.98 Å². The summed E-state index contributed by atoms with van der Waals surface area (Å²) in [6, 6.07) is 0.733. The topological polar surface area (TPSA) is 33.1 Å². The van der Waals surface area contributed by atoms with Crippen molar-refractivity contribution < 1.29 is 0 Å². The number of rotatable bonds is 9. The molecule has 1 aromatic rings. The van der Waals surface area contributed by atoms with Crippen LogP contribution in [-0.2, 0) is 6.54 Å². The molecule has 2 rings (SSSR count). The molecule has 4 heteroatoms. The first-order valence-corrected chi connectivity index (χ1v) is 7.29. The van der Waals surface area contributed by atoms with Crippen LogP contribution in [0.25, 0.3) is 0 Å². The summed E-state index contributed by atoms with van der Waals surface area (Å²) < 4.78 is 2.33. The molecule has 0 radical (unpaired) electrons. The molecule has 1 N–H and O–H groups in total. The minimum absolute atomic E-state index is 0.733. The monoisotopic (exact) mass is 250 g/mol. The van der Waals surface area contributed by atoms with Crippen molar-refractivity contribution in [3.63, 3.8) is 0 Å². The molecule has 0 atom stereocenters. The summed E-state index contributed by atoms with van der Waals surface area (Å²) >= 11 is 0. The van der Waals surface area contributed by atoms with Gasteiger partial charge in [0.05, 0.1) is 12.0 Å². The maximum Gasteiger partial charge on any atom is 0.0951 e. The first-order valence-electron chi connectivity index (χ1n) is 7.29. The normalized spacial score (nSPS) is 15.5. The van der Waals surface area contributed by atoms with Crippen molar-refractivity contribution in [3.05, 3.63) is 18.2 Å². The highest BCUT2D eigenvalue weighted by Gasteiger charge is 2.24. The number of nitrogens with one attached hydrogen (secondary N) is 1. The van der Waals surface area contributed by atoms with Crippen LogP contribution < -0.4 is 5.32 Å². The molecule has 0 bridgehead atoms. The SMILES string of the molecule is CCCN(CC)CCNCc1cncn1C1CC1. The van der Waals surface area contributed by atoms with Crippen molar-refractivity contribution in [3.8, 4) is 0 Å². The predicted octanol–water partition coefficient (Wildman–Crippen LogP) is 2.04. The van der Waals surface area contributed by atoms with Gasteiger partial charge in [0, 0.05) is 31.9 Å². The van der Waals surface area contributed by atoms with E-state index in [1.807, 2.05) is 12.5 Å². The molecule has 1 fully saturated rings. The van der Waals surface area contributed by atoms with E-state index in [4.69, 9.17) is 0 Å². The fraction of sp³-hybridized carbons (Fsp3) is 0.786. The fourth-order valence-electron chi connectivity index (χ4n) is 2.35. The quantitative estimate of drug-likeness (QED) is 0.681. The lowest BCUT2D eigenvalue weighted by molar-refractivity contribution is 0.287. The zero-order valence-electron chi connectivity index (χ0n) is 11.7. The van der Waals surface area contributed by atoms with Crippen LogP contribution in [0.15, 0.2) is 12.5 Å². The van der Waals surface area contributed by atoms with Crippen molar-refractivity contribution in [1.82, 2.24) is 19.8 Å². The molecule has 1 heterocycles. The minimum Gasteiger partial charge on any atom is -0.330 e. The average Bonchev–Trinajstić information content (AvgIpc) is 3.13. The third-order valence-corrected chi connectivity index (χ3v) is 3.58. The van der Waals surface area contributed by atoms with Gasteiger partial charge >= 0.3 is 0 Å². The van der Waals surface area contributed by atoms with E-state index in [2.05, 4.69) is 33.6 Å². The van der Waals surface area contributed by atoms with E-state index >= 15 is 0 Å². The maximum atomic E-state index is 4.26. The lowest BCUT2D eigenvalue weighted by atomic mass is 10.4. The molecule has 1 saturated carbocycles. The van der Waals surface area contributed by atoms with Crippen LogP contribution in [0.5, 0.6) is 0 Å². The lowest BCUT2D eigenvalue weighted by Crippen LogP contribution is -2.32. The van der Waals surface area contributed by atoms with E-state index in [-0.39, 0.29) is 0 Å². The third-order valence-electron chi connectivity index (χ3n) is 3.58. The Balaban J connectivity index is 1.66. The number of aromatic nitrogens is 2. The highest BCUT2D eigenvalue weighted by atomic mass is 15.1. The Labute approximate surface area is 110 Å². The van der Waals surface area contributed by atoms with Crippen molar-refractivity contribution in [2.24, 2.45) is 0 Å². The highest BCUT2D eigenvalue weighted by molar-refractivity contribution is 5.03. The molecule has 0 spiro atoms. The number of hydrogen-bond acceptors (Lipinski definition) is 3. The first kappa shape index (κ1) is 13.6. The fourth-order valence-corrected chi connectivity index (χ4v) is 2.35. The molecule has 0 unspecified atom stereocenters. The summed E-state index contributed by atoms with van der Waals surface area (Å²) in [5, 5.41) is 3.53. The van der Waals surface area contributed by atoms with Crippen LogP contribution >= 0.6 is 0 Å². The molecule has 102 valence electrons. The molecule has 1 aliphatic carbocycles. The van der Waals surface area contributed by atoms with Gasteiger partial charge in [0.2, 0.25) is 0 Å². The van der Waals surface area contributed by atoms with Crippen molar-refractivity contribution in [2.45, 2.75) is 45.7 Å². The van der Waals surface area contributed by atoms with E-state index < -0.39 is 0 Å². The number of likely N-dealkylation sites (N-methyl/N-ethyl adjacent to an activating group) is 1. The van der Waals surface area contributed by atoms with Gasteiger partial charge in [-0.1, -0.05) is 13.8 Å². The van der Waals surface area contributed by atoms with Crippen LogP contribution in [0.4, 0.5) is 0 Å². The average molecular weight is 250 g/mol. The Morgan fingerprint density at radius 3 is 2.89 bits per heavy atom. The summed E-state index contributed by atoms with van der Waals surface area (Å²) in [5.41, 5.74) is 1.33. The van der Waals surface area contributed by atoms with E-state index in [1.165, 1.54) is 31.5 Å². The van der Waals surface area contributed by atoms with E-state index in [0.29, 0.717) is 0 Å². The van der Waals surface area contributed by atoms with Gasteiger partial charge in [-0.3, -0.25) is 0 Å². The number of hydrogen-bond donors (Lipinski definition) is 1. The Kier molecular flexibility index (Phi) is 5.20. The Bertz CT molecular complexity index is 343. The summed E-state index contributed by atoms with van der Waals surface area (Å²) in [6.07, 6.45) is 7.86. The highest BCUT2D eigenvalue weighted by Crippen LogP contribution is 2.35. The Morgan fingerprint density at radius 1 is 1.39 bits per heavy atom. The second kappa shape index (κ2) is 6.90. The lowest BCUT2D eigenvalue weighted by Gasteiger charge is -2.19. The zero-order chi connectivity index (χ0) is 12.8. The molecule has 0 saturated heterocycles. The van der Waals surface area contributed by atoms with E-state index in [0.717, 1.165) is 32.2 Å². The zero-order valence-corrected chi connectivity index (χ0v) is 11.7. The van der Waals surface area contributed by atoms with Crippen LogP contribution in [0, 0.1) is 0 Å². The molecular weight excluding hydrogens is 224 g/mol. The Morgan fingerprint density at radius 2 is 2.22 bits per heavy atom. The van der Waals surface area contributed by atoms with Crippen molar-refractivity contribution in [1.29, 1.82) is 0 Å². The van der Waals surface area contributed by atoms with Gasteiger partial charge in [-0.2, -0.15) is 0 Å². The van der Waals surface area contributed by atoms with Gasteiger partial charge in [0.15, 0.2) is 0 Å². The second-order valence-corrected chi connectivity index (χ2v) is 5.13. The summed E-state index contributed by atoms with van der Waals surface area (Å²) in [6.45, 7) is 9.97. The molecule has 0 amide bonds. The molecule has 1 aliphatic rings. The van der Waals surface area contributed by atoms with Crippen LogP contribution in [-0.4, -0.2) is 40.6 Å². The van der Waals surface area contributed by atoms with Gasteiger partial charge in [0.25, 0.3) is 0 Å². The molecule has 1 aromatic heterocycles. The van der Waals surface area contributed by atoms with E-state index in [1.54, 1.807) is 0 Å². The molecule has 4 nitrogen and oxygen atoms in total. The van der Waals surface area contributed by atoms with Gasteiger partial charge in [0.1, 0.15) is 0 Å². The van der Waals surface area contributed by atoms with Gasteiger partial charge < -0.3 is 14.8 Å². The predicted molar refractivity (Wildman–Crippen MR) is 74.6 cm³/mol. The van der Waals surface area contributed by atoms with E-state index in [9.17, 15) is 0 Å². The molecule has 0 aromatic carbocycles. The summed E-state index contributed by atoms with van der Waals surface area (Å²) in [4.78, 5) is 6.75. The molecule has 0 aliphatic heterocycles. The summed E-state index contributed by atoms with van der Waals surface area (Å²) in [7, 11) is 0. The molecule has 18 heavy (non-hydrogen) atoms. The van der Waals surface area contributed by atoms with Crippen LogP contribution in [0.3, 0.4) is 0 Å². The second-order valence-electron chi connectivity index (χ2n) is 5.13. The standard InChI is InChI=1S/C14H26N4/c1-3-8-17(4-2)9-7-15-10-14-11-16-12-18(14)13-5-6-13/h11-13,15H,3-10H2,1-2H3. The smallest absolute Gasteiger partial charge is 0.0951 e. The first-order chi connectivity index (χ1) is 8.85. The minimum atomic E-state index is 0.733. The van der Waals surface area contributed by atoms with Crippen LogP contribution in [0.1, 0.15) is 44.8 Å². The largest absolute Gasteiger partial charge is 0.330 e. The number of imidazole rings is 1. The van der Waals surface area contributed by atoms with Gasteiger partial charge in [-0.15, -0.1) is 0 Å².